The summed E-state index contributed by atoms with van der Waals surface area (Å²) in [5.41, 5.74) is 5.81. The molecule has 1 fully saturated rings. The first kappa shape index (κ1) is 7.46. The molecule has 3 heteroatoms. The molecule has 1 unspecified atom stereocenters. The van der Waals surface area contributed by atoms with Gasteiger partial charge in [-0.25, -0.2) is 0 Å². The monoisotopic (exact) mass is 146 g/mol. The summed E-state index contributed by atoms with van der Waals surface area (Å²) in [5.74, 6) is 0. The van der Waals surface area contributed by atoms with Gasteiger partial charge in [0, 0.05) is 12.1 Å². The van der Waals surface area contributed by atoms with Crippen molar-refractivity contribution in [1.29, 1.82) is 0 Å². The molecule has 1 aliphatic carbocycles. The molecule has 0 heterocycles. The highest BCUT2D eigenvalue weighted by molar-refractivity contribution is 7.13. The van der Waals surface area contributed by atoms with Crippen LogP contribution in [-0.4, -0.2) is 12.1 Å². The standard InChI is InChI=1S/C6H15N2P/c7-5-3-1-2-4-6(5)8-9/h5-6,8H,1-4,7,9H2/t5-,6-/m1/s1. The molecule has 0 aromatic heterocycles. The van der Waals surface area contributed by atoms with Crippen molar-refractivity contribution in [2.45, 2.75) is 37.8 Å². The molecule has 0 aromatic carbocycles. The second-order valence-electron chi connectivity index (χ2n) is 2.72. The summed E-state index contributed by atoms with van der Waals surface area (Å²) in [5, 5.41) is 3.15. The van der Waals surface area contributed by atoms with Crippen LogP contribution in [0.4, 0.5) is 0 Å². The van der Waals surface area contributed by atoms with E-state index in [4.69, 9.17) is 5.73 Å². The van der Waals surface area contributed by atoms with E-state index in [2.05, 4.69) is 14.5 Å². The third-order valence-corrected chi connectivity index (χ3v) is 2.46. The quantitative estimate of drug-likeness (QED) is 0.533. The van der Waals surface area contributed by atoms with Gasteiger partial charge in [-0.15, -0.1) is 0 Å². The minimum Gasteiger partial charge on any atom is -0.326 e. The maximum Gasteiger partial charge on any atom is 0.0250 e. The van der Waals surface area contributed by atoms with E-state index in [1.807, 2.05) is 0 Å². The van der Waals surface area contributed by atoms with Crippen molar-refractivity contribution in [1.82, 2.24) is 5.09 Å². The van der Waals surface area contributed by atoms with Gasteiger partial charge in [-0.3, -0.25) is 5.09 Å². The summed E-state index contributed by atoms with van der Waals surface area (Å²) in [6.45, 7) is 0. The number of hydrogen-bond donors (Lipinski definition) is 2. The lowest BCUT2D eigenvalue weighted by Crippen LogP contribution is -2.43. The van der Waals surface area contributed by atoms with E-state index in [-0.39, 0.29) is 0 Å². The Morgan fingerprint density at radius 3 is 2.44 bits per heavy atom. The molecule has 54 valence electrons. The first-order valence-corrected chi connectivity index (χ1v) is 4.14. The summed E-state index contributed by atoms with van der Waals surface area (Å²) in [4.78, 5) is 0. The van der Waals surface area contributed by atoms with Crippen LogP contribution in [-0.2, 0) is 0 Å². The van der Waals surface area contributed by atoms with Gasteiger partial charge in [-0.2, -0.15) is 0 Å². The Balaban J connectivity index is 2.30. The fourth-order valence-electron chi connectivity index (χ4n) is 1.37. The average molecular weight is 146 g/mol. The molecule has 0 spiro atoms. The smallest absolute Gasteiger partial charge is 0.0250 e. The topological polar surface area (TPSA) is 38.0 Å². The summed E-state index contributed by atoms with van der Waals surface area (Å²) in [6.07, 6.45) is 5.07. The summed E-state index contributed by atoms with van der Waals surface area (Å²) < 4.78 is 0. The Bertz CT molecular complexity index is 87.1. The van der Waals surface area contributed by atoms with Gasteiger partial charge in [-0.1, -0.05) is 22.2 Å². The molecule has 0 amide bonds. The van der Waals surface area contributed by atoms with Crippen LogP contribution in [0.2, 0.25) is 0 Å². The lowest BCUT2D eigenvalue weighted by molar-refractivity contribution is 0.368. The Morgan fingerprint density at radius 2 is 2.00 bits per heavy atom. The second kappa shape index (κ2) is 3.50. The fraction of sp³-hybridized carbons (Fsp3) is 1.00. The molecular weight excluding hydrogens is 131 g/mol. The van der Waals surface area contributed by atoms with Crippen LogP contribution in [0.5, 0.6) is 0 Å². The Morgan fingerprint density at radius 1 is 1.33 bits per heavy atom. The molecule has 3 N–H and O–H groups in total. The number of nitrogens with one attached hydrogen (secondary N) is 1. The SMILES string of the molecule is N[C@@H]1CCCC[C@H]1NP. The summed E-state index contributed by atoms with van der Waals surface area (Å²) in [6, 6.07) is 0.931. The van der Waals surface area contributed by atoms with E-state index >= 15 is 0 Å². The molecule has 0 saturated heterocycles. The largest absolute Gasteiger partial charge is 0.326 e. The molecule has 0 aromatic rings. The van der Waals surface area contributed by atoms with E-state index in [0.717, 1.165) is 0 Å². The number of nitrogens with two attached hydrogens (primary N) is 1. The molecule has 0 bridgehead atoms. The van der Waals surface area contributed by atoms with Crippen LogP contribution in [0.1, 0.15) is 25.7 Å². The minimum atomic E-state index is 0.385. The summed E-state index contributed by atoms with van der Waals surface area (Å²) >= 11 is 0. The van der Waals surface area contributed by atoms with Crippen LogP contribution in [0.15, 0.2) is 0 Å². The van der Waals surface area contributed by atoms with Crippen LogP contribution in [0, 0.1) is 0 Å². The van der Waals surface area contributed by atoms with Crippen LogP contribution >= 0.6 is 9.39 Å². The number of rotatable bonds is 1. The highest BCUT2D eigenvalue weighted by Crippen LogP contribution is 2.17. The highest BCUT2D eigenvalue weighted by atomic mass is 31.0. The van der Waals surface area contributed by atoms with Gasteiger partial charge in [0.25, 0.3) is 0 Å². The Labute approximate surface area is 58.8 Å². The van der Waals surface area contributed by atoms with Gasteiger partial charge < -0.3 is 5.73 Å². The zero-order valence-corrected chi connectivity index (χ0v) is 6.79. The maximum atomic E-state index is 5.81. The molecule has 2 nitrogen and oxygen atoms in total. The third kappa shape index (κ3) is 1.89. The van der Waals surface area contributed by atoms with Crippen molar-refractivity contribution in [2.24, 2.45) is 5.73 Å². The van der Waals surface area contributed by atoms with Gasteiger partial charge in [0.15, 0.2) is 0 Å². The van der Waals surface area contributed by atoms with Crippen molar-refractivity contribution < 1.29 is 0 Å². The predicted molar refractivity (Wildman–Crippen MR) is 43.1 cm³/mol. The highest BCUT2D eigenvalue weighted by Gasteiger charge is 2.19. The number of hydrogen-bond acceptors (Lipinski definition) is 2. The molecule has 9 heavy (non-hydrogen) atoms. The van der Waals surface area contributed by atoms with Gasteiger partial charge in [-0.05, 0) is 12.8 Å². The van der Waals surface area contributed by atoms with E-state index in [1.54, 1.807) is 0 Å². The lowest BCUT2D eigenvalue weighted by Gasteiger charge is -2.27. The lowest BCUT2D eigenvalue weighted by atomic mass is 9.92. The average Bonchev–Trinajstić information content (AvgIpc) is 1.89. The molecule has 0 aliphatic heterocycles. The van der Waals surface area contributed by atoms with Crippen molar-refractivity contribution in [3.8, 4) is 0 Å². The van der Waals surface area contributed by atoms with Gasteiger partial charge in [0.1, 0.15) is 0 Å². The van der Waals surface area contributed by atoms with E-state index in [9.17, 15) is 0 Å². The van der Waals surface area contributed by atoms with Gasteiger partial charge in [0.2, 0.25) is 0 Å². The van der Waals surface area contributed by atoms with Crippen molar-refractivity contribution in [3.05, 3.63) is 0 Å². The van der Waals surface area contributed by atoms with E-state index in [1.165, 1.54) is 25.7 Å². The Hall–Kier alpha value is 0.350. The maximum absolute atomic E-state index is 5.81. The molecule has 1 aliphatic rings. The Kier molecular flexibility index (Phi) is 2.90. The van der Waals surface area contributed by atoms with Crippen molar-refractivity contribution in [2.75, 3.05) is 0 Å². The van der Waals surface area contributed by atoms with E-state index < -0.39 is 0 Å². The van der Waals surface area contributed by atoms with Crippen molar-refractivity contribution >= 4 is 9.39 Å². The third-order valence-electron chi connectivity index (χ3n) is 2.03. The summed E-state index contributed by atoms with van der Waals surface area (Å²) in [7, 11) is 2.54. The normalized spacial score (nSPS) is 36.7. The second-order valence-corrected chi connectivity index (χ2v) is 3.05. The zero-order chi connectivity index (χ0) is 6.69. The van der Waals surface area contributed by atoms with Crippen LogP contribution in [0.25, 0.3) is 0 Å². The predicted octanol–water partition coefficient (Wildman–Crippen LogP) is 0.636. The molecule has 3 atom stereocenters. The van der Waals surface area contributed by atoms with Gasteiger partial charge in [0.05, 0.1) is 0 Å². The molecular formula is C6H15N2P. The van der Waals surface area contributed by atoms with Crippen LogP contribution in [0.3, 0.4) is 0 Å². The zero-order valence-electron chi connectivity index (χ0n) is 5.64. The van der Waals surface area contributed by atoms with Crippen molar-refractivity contribution in [3.63, 3.8) is 0 Å². The van der Waals surface area contributed by atoms with E-state index in [0.29, 0.717) is 12.1 Å². The first-order valence-electron chi connectivity index (χ1n) is 3.56. The fourth-order valence-corrected chi connectivity index (χ4v) is 1.78. The minimum absolute atomic E-state index is 0.385. The van der Waals surface area contributed by atoms with Crippen LogP contribution < -0.4 is 10.8 Å². The molecule has 0 radical (unpaired) electrons. The molecule has 1 rings (SSSR count). The molecule has 1 saturated carbocycles. The van der Waals surface area contributed by atoms with Gasteiger partial charge >= 0.3 is 0 Å². The first-order chi connectivity index (χ1) is 4.34.